The van der Waals surface area contributed by atoms with E-state index in [4.69, 9.17) is 15.2 Å². The zero-order valence-electron chi connectivity index (χ0n) is 14.5. The molecule has 2 fully saturated rings. The topological polar surface area (TPSA) is 64.8 Å². The predicted molar refractivity (Wildman–Crippen MR) is 93.0 cm³/mol. The lowest BCUT2D eigenvalue weighted by atomic mass is 9.86. The first-order valence-corrected chi connectivity index (χ1v) is 8.90. The molecule has 1 amide bonds. The summed E-state index contributed by atoms with van der Waals surface area (Å²) in [5.41, 5.74) is 6.88. The highest BCUT2D eigenvalue weighted by Crippen LogP contribution is 2.28. The minimum absolute atomic E-state index is 0.113. The van der Waals surface area contributed by atoms with Crippen molar-refractivity contribution in [1.82, 2.24) is 4.90 Å². The Morgan fingerprint density at radius 1 is 1.29 bits per heavy atom. The molecular weight excluding hydrogens is 304 g/mol. The van der Waals surface area contributed by atoms with Gasteiger partial charge in [-0.05, 0) is 49.7 Å². The SMILES string of the molecule is COc1ccccc1CC1CCN(C(=O)C2(N)CCOCC2)CC1. The standard InChI is InChI=1S/C19H28N2O3/c1-23-17-5-3-2-4-16(17)14-15-6-10-21(11-7-15)18(22)19(20)8-12-24-13-9-19/h2-5,15H,6-14,20H2,1H3. The van der Waals surface area contributed by atoms with Crippen molar-refractivity contribution < 1.29 is 14.3 Å². The summed E-state index contributed by atoms with van der Waals surface area (Å²) >= 11 is 0. The first-order chi connectivity index (χ1) is 11.6. The number of piperidine rings is 1. The van der Waals surface area contributed by atoms with E-state index in [0.29, 0.717) is 32.0 Å². The molecule has 2 saturated heterocycles. The number of amides is 1. The normalized spacial score (nSPS) is 21.5. The monoisotopic (exact) mass is 332 g/mol. The molecule has 132 valence electrons. The zero-order valence-corrected chi connectivity index (χ0v) is 14.5. The van der Waals surface area contributed by atoms with Crippen molar-refractivity contribution in [3.8, 4) is 5.75 Å². The van der Waals surface area contributed by atoms with Crippen LogP contribution in [0.15, 0.2) is 24.3 Å². The first kappa shape index (κ1) is 17.2. The third-order valence-corrected chi connectivity index (χ3v) is 5.41. The van der Waals surface area contributed by atoms with Crippen molar-refractivity contribution in [2.45, 2.75) is 37.6 Å². The Morgan fingerprint density at radius 2 is 1.96 bits per heavy atom. The summed E-state index contributed by atoms with van der Waals surface area (Å²) in [6, 6.07) is 8.20. The number of carbonyl (C=O) groups is 1. The van der Waals surface area contributed by atoms with Crippen LogP contribution < -0.4 is 10.5 Å². The molecule has 0 bridgehead atoms. The van der Waals surface area contributed by atoms with E-state index in [2.05, 4.69) is 12.1 Å². The molecule has 0 saturated carbocycles. The molecule has 5 nitrogen and oxygen atoms in total. The largest absolute Gasteiger partial charge is 0.496 e. The Morgan fingerprint density at radius 3 is 2.62 bits per heavy atom. The van der Waals surface area contributed by atoms with Gasteiger partial charge in [0.1, 0.15) is 5.75 Å². The third kappa shape index (κ3) is 3.73. The van der Waals surface area contributed by atoms with Crippen LogP contribution in [0.5, 0.6) is 5.75 Å². The molecule has 3 rings (SSSR count). The fraction of sp³-hybridized carbons (Fsp3) is 0.632. The number of nitrogens with zero attached hydrogens (tertiary/aromatic N) is 1. The minimum Gasteiger partial charge on any atom is -0.496 e. The van der Waals surface area contributed by atoms with Crippen LogP contribution in [-0.2, 0) is 16.0 Å². The van der Waals surface area contributed by atoms with E-state index in [-0.39, 0.29) is 5.91 Å². The first-order valence-electron chi connectivity index (χ1n) is 8.90. The lowest BCUT2D eigenvalue weighted by molar-refractivity contribution is -0.142. The van der Waals surface area contributed by atoms with Crippen LogP contribution in [0.25, 0.3) is 0 Å². The van der Waals surface area contributed by atoms with Crippen LogP contribution in [0.1, 0.15) is 31.2 Å². The van der Waals surface area contributed by atoms with Crippen LogP contribution >= 0.6 is 0 Å². The number of hydrogen-bond acceptors (Lipinski definition) is 4. The Bertz CT molecular complexity index is 561. The maximum absolute atomic E-state index is 12.8. The molecule has 0 aromatic heterocycles. The molecular formula is C19H28N2O3. The van der Waals surface area contributed by atoms with Gasteiger partial charge in [0.25, 0.3) is 0 Å². The van der Waals surface area contributed by atoms with Gasteiger partial charge in [0.2, 0.25) is 5.91 Å². The molecule has 1 aromatic carbocycles. The Kier molecular flexibility index (Phi) is 5.41. The predicted octanol–water partition coefficient (Wildman–Crippen LogP) is 1.98. The molecule has 2 N–H and O–H groups in total. The maximum Gasteiger partial charge on any atom is 0.242 e. The van der Waals surface area contributed by atoms with Crippen molar-refractivity contribution in [2.24, 2.45) is 11.7 Å². The van der Waals surface area contributed by atoms with Gasteiger partial charge < -0.3 is 20.1 Å². The van der Waals surface area contributed by atoms with Crippen molar-refractivity contribution in [3.63, 3.8) is 0 Å². The summed E-state index contributed by atoms with van der Waals surface area (Å²) in [6.45, 7) is 2.79. The van der Waals surface area contributed by atoms with Gasteiger partial charge in [0.15, 0.2) is 0 Å². The van der Waals surface area contributed by atoms with Gasteiger partial charge in [-0.3, -0.25) is 4.79 Å². The average Bonchev–Trinajstić information content (AvgIpc) is 2.63. The van der Waals surface area contributed by atoms with E-state index in [9.17, 15) is 4.79 Å². The quantitative estimate of drug-likeness (QED) is 0.916. The van der Waals surface area contributed by atoms with Gasteiger partial charge in [-0.2, -0.15) is 0 Å². The van der Waals surface area contributed by atoms with Crippen molar-refractivity contribution in [1.29, 1.82) is 0 Å². The second-order valence-corrected chi connectivity index (χ2v) is 7.02. The van der Waals surface area contributed by atoms with Crippen molar-refractivity contribution in [3.05, 3.63) is 29.8 Å². The van der Waals surface area contributed by atoms with Gasteiger partial charge >= 0.3 is 0 Å². The molecule has 0 aliphatic carbocycles. The number of methoxy groups -OCH3 is 1. The van der Waals surface area contributed by atoms with E-state index in [0.717, 1.165) is 38.1 Å². The van der Waals surface area contributed by atoms with Crippen LogP contribution in [0.4, 0.5) is 0 Å². The highest BCUT2D eigenvalue weighted by Gasteiger charge is 2.39. The van der Waals surface area contributed by atoms with E-state index in [1.807, 2.05) is 17.0 Å². The highest BCUT2D eigenvalue weighted by atomic mass is 16.5. The number of carbonyl (C=O) groups excluding carboxylic acids is 1. The molecule has 2 heterocycles. The molecule has 0 radical (unpaired) electrons. The number of benzene rings is 1. The van der Waals surface area contributed by atoms with Gasteiger partial charge in [-0.25, -0.2) is 0 Å². The zero-order chi connectivity index (χ0) is 17.0. The lowest BCUT2D eigenvalue weighted by Crippen LogP contribution is -2.59. The summed E-state index contributed by atoms with van der Waals surface area (Å²) in [7, 11) is 1.72. The molecule has 0 unspecified atom stereocenters. The summed E-state index contributed by atoms with van der Waals surface area (Å²) in [5, 5.41) is 0. The molecule has 2 aliphatic rings. The van der Waals surface area contributed by atoms with Gasteiger partial charge in [0.05, 0.1) is 12.6 Å². The number of nitrogens with two attached hydrogens (primary N) is 1. The number of hydrogen-bond donors (Lipinski definition) is 1. The molecule has 5 heteroatoms. The smallest absolute Gasteiger partial charge is 0.242 e. The van der Waals surface area contributed by atoms with Crippen LogP contribution in [0.3, 0.4) is 0 Å². The molecule has 2 aliphatic heterocycles. The second-order valence-electron chi connectivity index (χ2n) is 7.02. The van der Waals surface area contributed by atoms with Gasteiger partial charge in [0, 0.05) is 26.3 Å². The van der Waals surface area contributed by atoms with E-state index in [1.54, 1.807) is 7.11 Å². The summed E-state index contributed by atoms with van der Waals surface area (Å²) in [5.74, 6) is 1.66. The number of para-hydroxylation sites is 1. The summed E-state index contributed by atoms with van der Waals surface area (Å²) < 4.78 is 10.8. The van der Waals surface area contributed by atoms with Gasteiger partial charge in [-0.1, -0.05) is 18.2 Å². The van der Waals surface area contributed by atoms with E-state index in [1.165, 1.54) is 5.56 Å². The van der Waals surface area contributed by atoms with E-state index >= 15 is 0 Å². The van der Waals surface area contributed by atoms with Crippen molar-refractivity contribution >= 4 is 5.91 Å². The maximum atomic E-state index is 12.8. The molecule has 0 atom stereocenters. The Hall–Kier alpha value is -1.59. The Labute approximate surface area is 144 Å². The lowest BCUT2D eigenvalue weighted by Gasteiger charge is -2.40. The third-order valence-electron chi connectivity index (χ3n) is 5.41. The molecule has 1 aromatic rings. The summed E-state index contributed by atoms with van der Waals surface area (Å²) in [6.07, 6.45) is 4.32. The van der Waals surface area contributed by atoms with Crippen LogP contribution in [0.2, 0.25) is 0 Å². The summed E-state index contributed by atoms with van der Waals surface area (Å²) in [4.78, 5) is 14.7. The number of rotatable bonds is 4. The number of likely N-dealkylation sites (tertiary alicyclic amines) is 1. The Balaban J connectivity index is 1.55. The molecule has 0 spiro atoms. The molecule has 24 heavy (non-hydrogen) atoms. The fourth-order valence-corrected chi connectivity index (χ4v) is 3.79. The van der Waals surface area contributed by atoms with Gasteiger partial charge in [-0.15, -0.1) is 0 Å². The van der Waals surface area contributed by atoms with Crippen molar-refractivity contribution in [2.75, 3.05) is 33.4 Å². The van der Waals surface area contributed by atoms with Crippen LogP contribution in [0, 0.1) is 5.92 Å². The minimum atomic E-state index is -0.715. The van der Waals surface area contributed by atoms with E-state index < -0.39 is 5.54 Å². The van der Waals surface area contributed by atoms with Crippen LogP contribution in [-0.4, -0.2) is 49.8 Å². The second kappa shape index (κ2) is 7.53. The fourth-order valence-electron chi connectivity index (χ4n) is 3.79. The average molecular weight is 332 g/mol. The highest BCUT2D eigenvalue weighted by molar-refractivity contribution is 5.86. The number of ether oxygens (including phenoxy) is 2.